The van der Waals surface area contributed by atoms with Crippen molar-refractivity contribution >= 4 is 17.4 Å². The average Bonchev–Trinajstić information content (AvgIpc) is 2.60. The molecule has 148 valence electrons. The molecule has 0 radical (unpaired) electrons. The van der Waals surface area contributed by atoms with Gasteiger partial charge < -0.3 is 14.3 Å². The van der Waals surface area contributed by atoms with Crippen LogP contribution in [0.3, 0.4) is 0 Å². The lowest BCUT2D eigenvalue weighted by atomic mass is 9.94. The molecule has 28 heavy (non-hydrogen) atoms. The van der Waals surface area contributed by atoms with Gasteiger partial charge in [-0.05, 0) is 42.5 Å². The van der Waals surface area contributed by atoms with E-state index in [-0.39, 0.29) is 29.4 Å². The van der Waals surface area contributed by atoms with Gasteiger partial charge in [0.25, 0.3) is 5.54 Å². The standard InChI is InChI=1S/C19H14ClF4NO3/c1-18(25-2,11-27-17-8-5-13(21)9-15(17)20)10-16(26)12-3-6-14(7-4-12)28-19(22,23)24/h3-9H,10-11H2,1H3. The molecule has 0 spiro atoms. The number of hydrogen-bond acceptors (Lipinski definition) is 3. The normalized spacial score (nSPS) is 13.3. The predicted molar refractivity (Wildman–Crippen MR) is 94.0 cm³/mol. The largest absolute Gasteiger partial charge is 0.573 e. The summed E-state index contributed by atoms with van der Waals surface area (Å²) < 4.78 is 58.8. The number of Topliss-reactive ketones (excluding diaryl/α,β-unsaturated/α-hetero) is 1. The van der Waals surface area contributed by atoms with Crippen LogP contribution in [0.1, 0.15) is 23.7 Å². The topological polar surface area (TPSA) is 39.9 Å². The number of benzene rings is 2. The highest BCUT2D eigenvalue weighted by molar-refractivity contribution is 6.32. The number of ketones is 1. The van der Waals surface area contributed by atoms with E-state index in [2.05, 4.69) is 9.58 Å². The van der Waals surface area contributed by atoms with E-state index in [0.717, 1.165) is 24.3 Å². The fourth-order valence-electron chi connectivity index (χ4n) is 2.24. The maximum Gasteiger partial charge on any atom is 0.573 e. The Balaban J connectivity index is 2.04. The maximum atomic E-state index is 13.1. The van der Waals surface area contributed by atoms with Crippen molar-refractivity contribution in [2.45, 2.75) is 25.2 Å². The minimum Gasteiger partial charge on any atom is -0.484 e. The molecule has 2 aromatic rings. The molecule has 9 heteroatoms. The van der Waals surface area contributed by atoms with Crippen LogP contribution in [0.5, 0.6) is 11.5 Å². The number of carbonyl (C=O) groups is 1. The van der Waals surface area contributed by atoms with Gasteiger partial charge in [0, 0.05) is 12.5 Å². The first-order chi connectivity index (χ1) is 13.0. The van der Waals surface area contributed by atoms with Gasteiger partial charge in [-0.1, -0.05) is 11.6 Å². The van der Waals surface area contributed by atoms with Crippen LogP contribution in [0.2, 0.25) is 5.02 Å². The number of alkyl halides is 3. The van der Waals surface area contributed by atoms with Crippen molar-refractivity contribution in [3.05, 3.63) is 70.3 Å². The van der Waals surface area contributed by atoms with Gasteiger partial charge in [-0.25, -0.2) is 11.0 Å². The molecule has 0 saturated carbocycles. The monoisotopic (exact) mass is 415 g/mol. The van der Waals surface area contributed by atoms with Crippen LogP contribution in [0.15, 0.2) is 42.5 Å². The van der Waals surface area contributed by atoms with Crippen LogP contribution in [0.25, 0.3) is 4.85 Å². The number of hydrogen-bond donors (Lipinski definition) is 0. The number of carbonyl (C=O) groups excluding carboxylic acids is 1. The lowest BCUT2D eigenvalue weighted by molar-refractivity contribution is -0.274. The number of rotatable bonds is 7. The Morgan fingerprint density at radius 2 is 1.82 bits per heavy atom. The highest BCUT2D eigenvalue weighted by Gasteiger charge is 2.35. The molecule has 0 aliphatic heterocycles. The summed E-state index contributed by atoms with van der Waals surface area (Å²) in [6, 6.07) is 7.92. The summed E-state index contributed by atoms with van der Waals surface area (Å²) in [7, 11) is 0. The van der Waals surface area contributed by atoms with Crippen molar-refractivity contribution in [2.24, 2.45) is 0 Å². The van der Waals surface area contributed by atoms with Crippen LogP contribution < -0.4 is 9.47 Å². The summed E-state index contributed by atoms with van der Waals surface area (Å²) in [5.41, 5.74) is -1.13. The summed E-state index contributed by atoms with van der Waals surface area (Å²) in [6.07, 6.45) is -5.07. The predicted octanol–water partition coefficient (Wildman–Crippen LogP) is 5.71. The number of nitrogens with zero attached hydrogens (tertiary/aromatic N) is 1. The summed E-state index contributed by atoms with van der Waals surface area (Å²) >= 11 is 5.86. The van der Waals surface area contributed by atoms with Crippen molar-refractivity contribution in [2.75, 3.05) is 6.61 Å². The van der Waals surface area contributed by atoms with Crippen molar-refractivity contribution in [1.82, 2.24) is 0 Å². The van der Waals surface area contributed by atoms with Gasteiger partial charge in [-0.15, -0.1) is 13.2 Å². The zero-order chi connectivity index (χ0) is 20.9. The minimum absolute atomic E-state index is 0.0268. The first-order valence-electron chi connectivity index (χ1n) is 7.87. The minimum atomic E-state index is -4.83. The second kappa shape index (κ2) is 8.48. The Morgan fingerprint density at radius 1 is 1.18 bits per heavy atom. The van der Waals surface area contributed by atoms with Crippen LogP contribution in [0.4, 0.5) is 17.6 Å². The first kappa shape index (κ1) is 21.5. The van der Waals surface area contributed by atoms with E-state index in [9.17, 15) is 22.4 Å². The van der Waals surface area contributed by atoms with Crippen molar-refractivity contribution in [3.8, 4) is 11.5 Å². The Hall–Kier alpha value is -2.79. The molecule has 0 bridgehead atoms. The van der Waals surface area contributed by atoms with Gasteiger partial charge in [0.2, 0.25) is 0 Å². The molecule has 1 unspecified atom stereocenters. The lowest BCUT2D eigenvalue weighted by Gasteiger charge is -2.18. The van der Waals surface area contributed by atoms with Gasteiger partial charge in [-0.2, -0.15) is 0 Å². The van der Waals surface area contributed by atoms with Crippen molar-refractivity contribution in [1.29, 1.82) is 0 Å². The van der Waals surface area contributed by atoms with E-state index in [0.29, 0.717) is 0 Å². The third-order valence-corrected chi connectivity index (χ3v) is 3.95. The summed E-state index contributed by atoms with van der Waals surface area (Å²) in [5, 5.41) is 0.0268. The van der Waals surface area contributed by atoms with Gasteiger partial charge in [0.15, 0.2) is 12.4 Å². The van der Waals surface area contributed by atoms with E-state index in [1.807, 2.05) is 0 Å². The third-order valence-electron chi connectivity index (χ3n) is 3.65. The fourth-order valence-corrected chi connectivity index (χ4v) is 2.46. The molecule has 0 fully saturated rings. The Kier molecular flexibility index (Phi) is 6.52. The van der Waals surface area contributed by atoms with E-state index in [4.69, 9.17) is 22.9 Å². The summed E-state index contributed by atoms with van der Waals surface area (Å²) in [4.78, 5) is 15.8. The molecule has 0 heterocycles. The fraction of sp³-hybridized carbons (Fsp3) is 0.263. The molecule has 1 atom stereocenters. The smallest absolute Gasteiger partial charge is 0.484 e. The molecule has 0 saturated heterocycles. The summed E-state index contributed by atoms with van der Waals surface area (Å²) in [5.74, 6) is -1.28. The van der Waals surface area contributed by atoms with E-state index < -0.39 is 29.3 Å². The first-order valence-corrected chi connectivity index (χ1v) is 8.25. The Morgan fingerprint density at radius 3 is 2.36 bits per heavy atom. The molecule has 4 nitrogen and oxygen atoms in total. The van der Waals surface area contributed by atoms with Gasteiger partial charge >= 0.3 is 6.36 Å². The maximum absolute atomic E-state index is 13.1. The average molecular weight is 416 g/mol. The molecule has 0 aliphatic carbocycles. The SMILES string of the molecule is [C-]#[N+]C(C)(COc1ccc(F)cc1Cl)CC(=O)c1ccc(OC(F)(F)F)cc1. The van der Waals surface area contributed by atoms with Gasteiger partial charge in [0.1, 0.15) is 17.3 Å². The van der Waals surface area contributed by atoms with E-state index in [1.165, 1.54) is 25.1 Å². The van der Waals surface area contributed by atoms with Crippen LogP contribution >= 0.6 is 11.6 Å². The van der Waals surface area contributed by atoms with Crippen molar-refractivity contribution in [3.63, 3.8) is 0 Å². The van der Waals surface area contributed by atoms with Gasteiger partial charge in [0.05, 0.1) is 11.4 Å². The van der Waals surface area contributed by atoms with Crippen LogP contribution in [-0.2, 0) is 0 Å². The molecule has 2 rings (SSSR count). The second-order valence-electron chi connectivity index (χ2n) is 6.14. The van der Waals surface area contributed by atoms with Crippen LogP contribution in [-0.4, -0.2) is 24.3 Å². The summed E-state index contributed by atoms with van der Waals surface area (Å²) in [6.45, 7) is 8.66. The van der Waals surface area contributed by atoms with E-state index in [1.54, 1.807) is 0 Å². The molecule has 2 aromatic carbocycles. The highest BCUT2D eigenvalue weighted by Crippen LogP contribution is 2.28. The lowest BCUT2D eigenvalue weighted by Crippen LogP contribution is -2.32. The third kappa shape index (κ3) is 6.13. The molecular formula is C19H14ClF4NO3. The number of ether oxygens (including phenoxy) is 2. The highest BCUT2D eigenvalue weighted by atomic mass is 35.5. The Bertz CT molecular complexity index is 894. The molecule has 0 amide bonds. The molecule has 0 N–H and O–H groups in total. The molecular weight excluding hydrogens is 402 g/mol. The quantitative estimate of drug-likeness (QED) is 0.330. The Labute approximate surface area is 163 Å². The van der Waals surface area contributed by atoms with Crippen molar-refractivity contribution < 1.29 is 31.8 Å². The molecule has 0 aromatic heterocycles. The molecule has 0 aliphatic rings. The zero-order valence-electron chi connectivity index (χ0n) is 14.5. The van der Waals surface area contributed by atoms with E-state index >= 15 is 0 Å². The zero-order valence-corrected chi connectivity index (χ0v) is 15.3. The van der Waals surface area contributed by atoms with Crippen LogP contribution in [0, 0.1) is 12.4 Å². The van der Waals surface area contributed by atoms with Gasteiger partial charge in [-0.3, -0.25) is 4.79 Å². The second-order valence-corrected chi connectivity index (χ2v) is 6.55. The number of halogens is 5.